The highest BCUT2D eigenvalue weighted by atomic mass is 32.1. The maximum absolute atomic E-state index is 12.0. The van der Waals surface area contributed by atoms with Crippen molar-refractivity contribution in [2.45, 2.75) is 26.2 Å². The number of amides is 1. The van der Waals surface area contributed by atoms with Gasteiger partial charge in [-0.15, -0.1) is 0 Å². The summed E-state index contributed by atoms with van der Waals surface area (Å²) >= 11 is 5.19. The number of carbonyl (C=O) groups excluding carboxylic acids is 1. The van der Waals surface area contributed by atoms with Gasteiger partial charge in [0.25, 0.3) is 0 Å². The van der Waals surface area contributed by atoms with Crippen molar-refractivity contribution in [1.82, 2.24) is 10.9 Å². The van der Waals surface area contributed by atoms with Gasteiger partial charge in [-0.2, -0.15) is 0 Å². The van der Waals surface area contributed by atoms with Crippen LogP contribution in [0.15, 0.2) is 48.5 Å². The molecule has 6 heteroatoms. The Bertz CT molecular complexity index is 730. The second-order valence-electron chi connectivity index (χ2n) is 5.89. The van der Waals surface area contributed by atoms with Gasteiger partial charge in [-0.1, -0.05) is 44.2 Å². The van der Waals surface area contributed by atoms with Gasteiger partial charge in [0.1, 0.15) is 5.75 Å². The Labute approximate surface area is 153 Å². The fourth-order valence-corrected chi connectivity index (χ4v) is 2.48. The zero-order chi connectivity index (χ0) is 18.2. The molecule has 0 aromatic heterocycles. The number of hydrogen-bond acceptors (Lipinski definition) is 3. The zero-order valence-corrected chi connectivity index (χ0v) is 15.4. The third-order valence-electron chi connectivity index (χ3n) is 3.69. The van der Waals surface area contributed by atoms with Crippen LogP contribution in [-0.2, 0) is 11.2 Å². The molecule has 0 saturated heterocycles. The van der Waals surface area contributed by atoms with Gasteiger partial charge in [-0.25, -0.2) is 0 Å². The van der Waals surface area contributed by atoms with Crippen LogP contribution in [0, 0.1) is 0 Å². The van der Waals surface area contributed by atoms with E-state index < -0.39 is 0 Å². The highest BCUT2D eigenvalue weighted by Crippen LogP contribution is 2.18. The fraction of sp³-hybridized carbons (Fsp3) is 0.263. The molecule has 1 amide bonds. The number of anilines is 1. The van der Waals surface area contributed by atoms with E-state index in [1.165, 1.54) is 5.56 Å². The van der Waals surface area contributed by atoms with E-state index in [1.54, 1.807) is 7.11 Å². The molecule has 5 nitrogen and oxygen atoms in total. The molecule has 0 saturated carbocycles. The summed E-state index contributed by atoms with van der Waals surface area (Å²) in [5.74, 6) is 0.959. The van der Waals surface area contributed by atoms with Crippen LogP contribution in [0.4, 0.5) is 5.69 Å². The fourth-order valence-electron chi connectivity index (χ4n) is 2.31. The largest absolute Gasteiger partial charge is 0.496 e. The summed E-state index contributed by atoms with van der Waals surface area (Å²) < 4.78 is 5.24. The minimum Gasteiger partial charge on any atom is -0.496 e. The predicted molar refractivity (Wildman–Crippen MR) is 105 cm³/mol. The maximum atomic E-state index is 12.0. The number of carbonyl (C=O) groups is 1. The Morgan fingerprint density at radius 2 is 1.76 bits per heavy atom. The number of ether oxygens (including phenoxy) is 1. The summed E-state index contributed by atoms with van der Waals surface area (Å²) in [5.41, 5.74) is 8.22. The number of methoxy groups -OCH3 is 1. The molecular weight excluding hydrogens is 334 g/mol. The lowest BCUT2D eigenvalue weighted by atomic mass is 10.0. The summed E-state index contributed by atoms with van der Waals surface area (Å²) in [6, 6.07) is 15.4. The molecule has 0 fully saturated rings. The molecule has 0 heterocycles. The molecule has 2 aromatic carbocycles. The number of rotatable bonds is 5. The number of hydrazine groups is 1. The van der Waals surface area contributed by atoms with E-state index in [1.807, 2.05) is 36.4 Å². The average Bonchev–Trinajstić information content (AvgIpc) is 2.61. The Morgan fingerprint density at radius 3 is 2.40 bits per heavy atom. The number of thiocarbonyl (C=S) groups is 1. The number of para-hydroxylation sites is 1. The Hall–Kier alpha value is -2.60. The molecule has 0 unspecified atom stereocenters. The first-order valence-electron chi connectivity index (χ1n) is 8.07. The van der Waals surface area contributed by atoms with E-state index in [4.69, 9.17) is 17.0 Å². The van der Waals surface area contributed by atoms with Crippen molar-refractivity contribution >= 4 is 28.9 Å². The number of benzene rings is 2. The molecule has 0 radical (unpaired) electrons. The van der Waals surface area contributed by atoms with Gasteiger partial charge in [0.2, 0.25) is 5.91 Å². The number of nitrogens with one attached hydrogen (secondary N) is 3. The summed E-state index contributed by atoms with van der Waals surface area (Å²) in [6.45, 7) is 4.29. The predicted octanol–water partition coefficient (Wildman–Crippen LogP) is 3.38. The third-order valence-corrected chi connectivity index (χ3v) is 3.90. The van der Waals surface area contributed by atoms with Crippen molar-refractivity contribution in [1.29, 1.82) is 0 Å². The molecule has 2 rings (SSSR count). The number of hydrogen-bond donors (Lipinski definition) is 3. The molecule has 132 valence electrons. The van der Waals surface area contributed by atoms with Crippen LogP contribution in [-0.4, -0.2) is 18.1 Å². The smallest absolute Gasteiger partial charge is 0.242 e. The quantitative estimate of drug-likeness (QED) is 0.566. The minimum atomic E-state index is -0.205. The van der Waals surface area contributed by atoms with Gasteiger partial charge in [0.15, 0.2) is 5.11 Å². The van der Waals surface area contributed by atoms with Crippen molar-refractivity contribution in [3.8, 4) is 5.75 Å². The van der Waals surface area contributed by atoms with Gasteiger partial charge in [0.05, 0.1) is 13.5 Å². The first kappa shape index (κ1) is 18.7. The second-order valence-corrected chi connectivity index (χ2v) is 6.30. The van der Waals surface area contributed by atoms with E-state index in [2.05, 4.69) is 42.1 Å². The summed E-state index contributed by atoms with van der Waals surface area (Å²) in [6.07, 6.45) is 0.197. The molecule has 0 aliphatic carbocycles. The van der Waals surface area contributed by atoms with E-state index in [9.17, 15) is 4.79 Å². The third kappa shape index (κ3) is 5.76. The Balaban J connectivity index is 1.82. The van der Waals surface area contributed by atoms with Crippen molar-refractivity contribution in [2.24, 2.45) is 0 Å². The summed E-state index contributed by atoms with van der Waals surface area (Å²) in [7, 11) is 1.58. The molecule has 0 atom stereocenters. The Kier molecular flexibility index (Phi) is 6.77. The lowest BCUT2D eigenvalue weighted by Crippen LogP contribution is -2.44. The molecule has 0 bridgehead atoms. The molecule has 25 heavy (non-hydrogen) atoms. The maximum Gasteiger partial charge on any atom is 0.242 e. The Morgan fingerprint density at radius 1 is 1.08 bits per heavy atom. The average molecular weight is 357 g/mol. The SMILES string of the molecule is COc1ccccc1CC(=O)NNC(=S)Nc1ccc(C(C)C)cc1. The topological polar surface area (TPSA) is 62.4 Å². The molecular formula is C19H23N3O2S. The van der Waals surface area contributed by atoms with Crippen LogP contribution in [0.3, 0.4) is 0 Å². The van der Waals surface area contributed by atoms with Crippen molar-refractivity contribution in [3.63, 3.8) is 0 Å². The highest BCUT2D eigenvalue weighted by Gasteiger charge is 2.08. The van der Waals surface area contributed by atoms with Gasteiger partial charge in [0, 0.05) is 11.3 Å². The van der Waals surface area contributed by atoms with Crippen LogP contribution < -0.4 is 20.9 Å². The second kappa shape index (κ2) is 9.03. The van der Waals surface area contributed by atoms with Gasteiger partial charge in [-0.3, -0.25) is 15.6 Å². The lowest BCUT2D eigenvalue weighted by molar-refractivity contribution is -0.121. The summed E-state index contributed by atoms with van der Waals surface area (Å²) in [4.78, 5) is 12.0. The molecule has 0 aliphatic rings. The molecule has 0 aliphatic heterocycles. The van der Waals surface area contributed by atoms with Crippen LogP contribution >= 0.6 is 12.2 Å². The van der Waals surface area contributed by atoms with Crippen LogP contribution in [0.5, 0.6) is 5.75 Å². The van der Waals surface area contributed by atoms with E-state index in [-0.39, 0.29) is 12.3 Å². The van der Waals surface area contributed by atoms with Gasteiger partial charge < -0.3 is 10.1 Å². The lowest BCUT2D eigenvalue weighted by Gasteiger charge is -2.13. The minimum absolute atomic E-state index is 0.197. The van der Waals surface area contributed by atoms with E-state index in [0.29, 0.717) is 16.8 Å². The molecule has 3 N–H and O–H groups in total. The first-order valence-corrected chi connectivity index (χ1v) is 8.48. The van der Waals surface area contributed by atoms with Crippen molar-refractivity contribution in [3.05, 3.63) is 59.7 Å². The first-order chi connectivity index (χ1) is 12.0. The van der Waals surface area contributed by atoms with Crippen molar-refractivity contribution in [2.75, 3.05) is 12.4 Å². The summed E-state index contributed by atoms with van der Waals surface area (Å²) in [5, 5.41) is 3.36. The standard InChI is InChI=1S/C19H23N3O2S/c1-13(2)14-8-10-16(11-9-14)20-19(25)22-21-18(23)12-15-6-4-5-7-17(15)24-3/h4-11,13H,12H2,1-3H3,(H,21,23)(H2,20,22,25). The zero-order valence-electron chi connectivity index (χ0n) is 14.6. The van der Waals surface area contributed by atoms with Crippen LogP contribution in [0.2, 0.25) is 0 Å². The van der Waals surface area contributed by atoms with Crippen LogP contribution in [0.25, 0.3) is 0 Å². The monoisotopic (exact) mass is 357 g/mol. The van der Waals surface area contributed by atoms with E-state index in [0.717, 1.165) is 11.3 Å². The van der Waals surface area contributed by atoms with Gasteiger partial charge in [-0.05, 0) is 41.9 Å². The highest BCUT2D eigenvalue weighted by molar-refractivity contribution is 7.80. The molecule has 0 spiro atoms. The van der Waals surface area contributed by atoms with E-state index >= 15 is 0 Å². The van der Waals surface area contributed by atoms with Crippen LogP contribution in [0.1, 0.15) is 30.9 Å². The normalized spacial score (nSPS) is 10.2. The van der Waals surface area contributed by atoms with Gasteiger partial charge >= 0.3 is 0 Å². The van der Waals surface area contributed by atoms with Crippen molar-refractivity contribution < 1.29 is 9.53 Å². The molecule has 2 aromatic rings.